The number of rotatable bonds is 4. The van der Waals surface area contributed by atoms with Gasteiger partial charge in [0.25, 0.3) is 0 Å². The fourth-order valence-electron chi connectivity index (χ4n) is 4.20. The number of hydrogen-bond donors (Lipinski definition) is 2. The minimum atomic E-state index is -0.302. The molecule has 1 amide bonds. The lowest BCUT2D eigenvalue weighted by atomic mass is 9.66. The third kappa shape index (κ3) is 2.89. The van der Waals surface area contributed by atoms with Gasteiger partial charge in [0.05, 0.1) is 5.41 Å². The summed E-state index contributed by atoms with van der Waals surface area (Å²) in [6.07, 6.45) is 12.7. The van der Waals surface area contributed by atoms with Crippen molar-refractivity contribution in [1.29, 1.82) is 0 Å². The Bertz CT molecular complexity index is 1220. The molecular weight excluding hydrogens is 368 g/mol. The van der Waals surface area contributed by atoms with Crippen molar-refractivity contribution in [3.8, 4) is 11.1 Å². The highest BCUT2D eigenvalue weighted by Gasteiger charge is 2.47. The van der Waals surface area contributed by atoms with Crippen LogP contribution in [0, 0.1) is 5.41 Å². The van der Waals surface area contributed by atoms with Crippen molar-refractivity contribution in [2.75, 3.05) is 19.4 Å². The first-order chi connectivity index (χ1) is 13.9. The summed E-state index contributed by atoms with van der Waals surface area (Å²) >= 11 is 0. The minimum Gasteiger partial charge on any atom is -0.351 e. The Kier molecular flexibility index (Phi) is 3.80. The molecule has 0 unspecified atom stereocenters. The second-order valence-electron chi connectivity index (χ2n) is 8.15. The Labute approximate surface area is 167 Å². The average Bonchev–Trinajstić information content (AvgIpc) is 3.31. The van der Waals surface area contributed by atoms with Gasteiger partial charge in [-0.15, -0.1) is 0 Å². The molecule has 29 heavy (non-hydrogen) atoms. The molecule has 1 saturated carbocycles. The number of aromatic nitrogens is 6. The molecule has 148 valence electrons. The Balaban J connectivity index is 1.35. The predicted octanol–water partition coefficient (Wildman–Crippen LogP) is 2.34. The SMILES string of the molecule is CN(C)C(=O)[C@]1(C)C[C@H](Nc2ncc3c(-c4cnc5nccn5c4)c[nH]c3n2)C1. The summed E-state index contributed by atoms with van der Waals surface area (Å²) in [7, 11) is 3.60. The lowest BCUT2D eigenvalue weighted by Gasteiger charge is -2.45. The van der Waals surface area contributed by atoms with E-state index in [4.69, 9.17) is 0 Å². The van der Waals surface area contributed by atoms with Gasteiger partial charge in [0.1, 0.15) is 5.65 Å². The molecule has 2 N–H and O–H groups in total. The van der Waals surface area contributed by atoms with Crippen molar-refractivity contribution < 1.29 is 4.79 Å². The molecule has 0 bridgehead atoms. The van der Waals surface area contributed by atoms with E-state index in [1.165, 1.54) is 0 Å². The molecule has 0 radical (unpaired) electrons. The third-order valence-electron chi connectivity index (χ3n) is 5.64. The summed E-state index contributed by atoms with van der Waals surface area (Å²) in [5.41, 5.74) is 2.41. The number of H-pyrrole nitrogens is 1. The van der Waals surface area contributed by atoms with Gasteiger partial charge in [-0.3, -0.25) is 9.20 Å². The Morgan fingerprint density at radius 2 is 2.10 bits per heavy atom. The molecular formula is C20H22N8O. The first kappa shape index (κ1) is 17.6. The van der Waals surface area contributed by atoms with Gasteiger partial charge in [-0.05, 0) is 12.8 Å². The predicted molar refractivity (Wildman–Crippen MR) is 109 cm³/mol. The van der Waals surface area contributed by atoms with Gasteiger partial charge in [-0.1, -0.05) is 6.92 Å². The van der Waals surface area contributed by atoms with Gasteiger partial charge >= 0.3 is 0 Å². The van der Waals surface area contributed by atoms with E-state index >= 15 is 0 Å². The molecule has 5 rings (SSSR count). The van der Waals surface area contributed by atoms with Crippen molar-refractivity contribution in [3.63, 3.8) is 0 Å². The van der Waals surface area contributed by atoms with E-state index in [1.807, 2.05) is 36.1 Å². The van der Waals surface area contributed by atoms with Crippen LogP contribution in [0.1, 0.15) is 19.8 Å². The van der Waals surface area contributed by atoms with Crippen molar-refractivity contribution in [2.24, 2.45) is 5.41 Å². The minimum absolute atomic E-state index is 0.171. The van der Waals surface area contributed by atoms with E-state index in [-0.39, 0.29) is 17.4 Å². The second-order valence-corrected chi connectivity index (χ2v) is 8.15. The number of fused-ring (bicyclic) bond motifs is 2. The number of aromatic amines is 1. The average molecular weight is 390 g/mol. The van der Waals surface area contributed by atoms with Gasteiger partial charge in [0.2, 0.25) is 17.6 Å². The van der Waals surface area contributed by atoms with Gasteiger partial charge in [-0.25, -0.2) is 15.0 Å². The van der Waals surface area contributed by atoms with Gasteiger partial charge in [0, 0.05) is 73.8 Å². The normalized spacial score (nSPS) is 21.3. The van der Waals surface area contributed by atoms with Crippen molar-refractivity contribution in [3.05, 3.63) is 37.2 Å². The summed E-state index contributed by atoms with van der Waals surface area (Å²) in [6, 6.07) is 0.198. The van der Waals surface area contributed by atoms with E-state index in [1.54, 1.807) is 31.4 Å². The lowest BCUT2D eigenvalue weighted by Crippen LogP contribution is -2.52. The lowest BCUT2D eigenvalue weighted by molar-refractivity contribution is -0.143. The van der Waals surface area contributed by atoms with Crippen LogP contribution in [0.5, 0.6) is 0 Å². The number of anilines is 1. The summed E-state index contributed by atoms with van der Waals surface area (Å²) in [4.78, 5) is 34.8. The number of hydrogen-bond acceptors (Lipinski definition) is 6. The number of carbonyl (C=O) groups excluding carboxylic acids is 1. The fraction of sp³-hybridized carbons (Fsp3) is 0.350. The fourth-order valence-corrected chi connectivity index (χ4v) is 4.20. The zero-order valence-electron chi connectivity index (χ0n) is 16.5. The summed E-state index contributed by atoms with van der Waals surface area (Å²) < 4.78 is 1.88. The Morgan fingerprint density at radius 1 is 1.28 bits per heavy atom. The molecule has 4 heterocycles. The number of amides is 1. The molecule has 0 spiro atoms. The Hall–Kier alpha value is -3.49. The highest BCUT2D eigenvalue weighted by Crippen LogP contribution is 2.43. The third-order valence-corrected chi connectivity index (χ3v) is 5.64. The molecule has 0 atom stereocenters. The number of nitrogens with one attached hydrogen (secondary N) is 2. The zero-order valence-corrected chi connectivity index (χ0v) is 16.5. The maximum Gasteiger partial charge on any atom is 0.233 e. The summed E-state index contributed by atoms with van der Waals surface area (Å²) in [6.45, 7) is 2.01. The summed E-state index contributed by atoms with van der Waals surface area (Å²) in [5.74, 6) is 1.40. The molecule has 0 saturated heterocycles. The molecule has 9 nitrogen and oxygen atoms in total. The van der Waals surface area contributed by atoms with Crippen LogP contribution in [0.15, 0.2) is 37.2 Å². The molecule has 1 fully saturated rings. The van der Waals surface area contributed by atoms with Crippen LogP contribution in [0.3, 0.4) is 0 Å². The first-order valence-electron chi connectivity index (χ1n) is 9.54. The molecule has 1 aliphatic carbocycles. The van der Waals surface area contributed by atoms with E-state index in [2.05, 4.69) is 30.2 Å². The van der Waals surface area contributed by atoms with E-state index in [9.17, 15) is 4.79 Å². The quantitative estimate of drug-likeness (QED) is 0.554. The van der Waals surface area contributed by atoms with Gasteiger partial charge < -0.3 is 15.2 Å². The standard InChI is InChI=1S/C20H22N8O/c1-20(17(29)27(2)3)6-13(7-20)25-18-23-10-15-14(9-22-16(15)26-18)12-8-24-19-21-4-5-28(19)11-12/h4-5,8-11,13H,6-7H2,1-3H3,(H2,22,23,25,26)/t13-,20+. The summed E-state index contributed by atoms with van der Waals surface area (Å²) in [5, 5.41) is 4.28. The molecule has 4 aromatic rings. The van der Waals surface area contributed by atoms with Crippen LogP contribution in [0.25, 0.3) is 27.9 Å². The Morgan fingerprint density at radius 3 is 2.90 bits per heavy atom. The maximum atomic E-state index is 12.3. The number of carbonyl (C=O) groups is 1. The van der Waals surface area contributed by atoms with E-state index < -0.39 is 0 Å². The van der Waals surface area contributed by atoms with Gasteiger partial charge in [0.15, 0.2) is 0 Å². The number of imidazole rings is 1. The van der Waals surface area contributed by atoms with E-state index in [0.717, 1.165) is 35.0 Å². The molecule has 1 aliphatic rings. The molecule has 4 aromatic heterocycles. The van der Waals surface area contributed by atoms with Crippen LogP contribution >= 0.6 is 0 Å². The maximum absolute atomic E-state index is 12.3. The number of nitrogens with zero attached hydrogens (tertiary/aromatic N) is 6. The highest BCUT2D eigenvalue weighted by atomic mass is 16.2. The smallest absolute Gasteiger partial charge is 0.233 e. The van der Waals surface area contributed by atoms with Crippen molar-refractivity contribution in [1.82, 2.24) is 34.2 Å². The first-order valence-corrected chi connectivity index (χ1v) is 9.54. The van der Waals surface area contributed by atoms with Crippen LogP contribution in [0.4, 0.5) is 5.95 Å². The van der Waals surface area contributed by atoms with Crippen LogP contribution in [0.2, 0.25) is 0 Å². The highest BCUT2D eigenvalue weighted by molar-refractivity contribution is 5.93. The van der Waals surface area contributed by atoms with Crippen molar-refractivity contribution in [2.45, 2.75) is 25.8 Å². The van der Waals surface area contributed by atoms with Crippen molar-refractivity contribution >= 4 is 28.7 Å². The molecule has 9 heteroatoms. The topological polar surface area (TPSA) is 104 Å². The van der Waals surface area contributed by atoms with Crippen LogP contribution < -0.4 is 5.32 Å². The molecule has 0 aliphatic heterocycles. The molecule has 0 aromatic carbocycles. The van der Waals surface area contributed by atoms with Crippen LogP contribution in [-0.4, -0.2) is 60.3 Å². The second kappa shape index (κ2) is 6.26. The monoisotopic (exact) mass is 390 g/mol. The van der Waals surface area contributed by atoms with Crippen LogP contribution in [-0.2, 0) is 4.79 Å². The van der Waals surface area contributed by atoms with E-state index in [0.29, 0.717) is 11.7 Å². The van der Waals surface area contributed by atoms with Gasteiger partial charge in [-0.2, -0.15) is 4.98 Å². The zero-order chi connectivity index (χ0) is 20.2. The largest absolute Gasteiger partial charge is 0.351 e.